The number of allylic oxidation sites excluding steroid dienone is 1. The van der Waals surface area contributed by atoms with Crippen LogP contribution in [0.4, 0.5) is 0 Å². The van der Waals surface area contributed by atoms with Crippen LogP contribution in [0.1, 0.15) is 58.8 Å². The predicted molar refractivity (Wildman–Crippen MR) is 114 cm³/mol. The molecule has 1 aliphatic carbocycles. The lowest BCUT2D eigenvalue weighted by molar-refractivity contribution is -0.140. The highest BCUT2D eigenvalue weighted by Crippen LogP contribution is 2.57. The molecule has 5 unspecified atom stereocenters. The van der Waals surface area contributed by atoms with Crippen molar-refractivity contribution in [3.63, 3.8) is 0 Å². The van der Waals surface area contributed by atoms with E-state index in [-0.39, 0.29) is 17.7 Å². The van der Waals surface area contributed by atoms with Gasteiger partial charge in [-0.15, -0.1) is 0 Å². The molecule has 6 rings (SSSR count). The lowest BCUT2D eigenvalue weighted by Gasteiger charge is -2.57. The summed E-state index contributed by atoms with van der Waals surface area (Å²) in [4.78, 5) is 5.36. The number of nitrogens with one attached hydrogen (secondary N) is 1. The van der Waals surface area contributed by atoms with Crippen molar-refractivity contribution < 1.29 is 14.9 Å². The minimum Gasteiger partial charge on any atom is -0.366 e. The van der Waals surface area contributed by atoms with Gasteiger partial charge in [-0.3, -0.25) is 10.2 Å². The van der Waals surface area contributed by atoms with Crippen LogP contribution < -0.4 is 5.32 Å². The molecule has 6 atom stereocenters. The fourth-order valence-corrected chi connectivity index (χ4v) is 7.31. The fraction of sp³-hybridized carbons (Fsp3) is 0.750. The Morgan fingerprint density at radius 3 is 2.93 bits per heavy atom. The van der Waals surface area contributed by atoms with E-state index in [0.717, 1.165) is 12.8 Å². The first-order chi connectivity index (χ1) is 14.5. The van der Waals surface area contributed by atoms with Crippen LogP contribution >= 0.6 is 0 Å². The fourth-order valence-electron chi connectivity index (χ4n) is 7.31. The lowest BCUT2D eigenvalue weighted by atomic mass is 9.66. The normalized spacial score (nSPS) is 43.0. The standard InChI is InChI=1S/C24H35N3O3/c1-3-24-10-6-11-26-12-9-16-15-7-4-5-8-17(15)27(19(16)21(24)26)18(13-24)22-25-14(2)20(30-22)23(28)29/h7,13-14,17,20-23,25,28-29H,3-6,8-12H2,1-2H3/t14?,17?,20?,21?,22?,24-/m0/s1. The second kappa shape index (κ2) is 6.91. The molecule has 30 heavy (non-hydrogen) atoms. The summed E-state index contributed by atoms with van der Waals surface area (Å²) in [5.74, 6) is 0. The number of ether oxygens (including phenoxy) is 1. The van der Waals surface area contributed by atoms with Crippen LogP contribution in [0.25, 0.3) is 0 Å². The quantitative estimate of drug-likeness (QED) is 0.617. The number of rotatable bonds is 3. The molecule has 0 aromatic heterocycles. The van der Waals surface area contributed by atoms with Crippen molar-refractivity contribution in [3.05, 3.63) is 34.7 Å². The maximum absolute atomic E-state index is 9.82. The Balaban J connectivity index is 1.50. The van der Waals surface area contributed by atoms with Crippen LogP contribution in [0, 0.1) is 5.41 Å². The van der Waals surface area contributed by atoms with Crippen molar-refractivity contribution in [3.8, 4) is 0 Å². The van der Waals surface area contributed by atoms with Crippen molar-refractivity contribution in [2.75, 3.05) is 13.1 Å². The second-order valence-electron chi connectivity index (χ2n) is 10.1. The first kappa shape index (κ1) is 19.5. The first-order valence-corrected chi connectivity index (χ1v) is 12.0. The van der Waals surface area contributed by atoms with Crippen LogP contribution in [0.3, 0.4) is 0 Å². The Morgan fingerprint density at radius 1 is 1.30 bits per heavy atom. The van der Waals surface area contributed by atoms with Gasteiger partial charge < -0.3 is 19.8 Å². The molecule has 3 N–H and O–H groups in total. The highest BCUT2D eigenvalue weighted by molar-refractivity contribution is 5.54. The molecule has 0 aromatic carbocycles. The van der Waals surface area contributed by atoms with Crippen LogP contribution in [0.5, 0.6) is 0 Å². The molecule has 2 saturated heterocycles. The van der Waals surface area contributed by atoms with E-state index >= 15 is 0 Å². The molecule has 5 heterocycles. The summed E-state index contributed by atoms with van der Waals surface area (Å²) in [6.45, 7) is 6.71. The molecule has 0 bridgehead atoms. The topological polar surface area (TPSA) is 68.2 Å². The Morgan fingerprint density at radius 2 is 2.17 bits per heavy atom. The van der Waals surface area contributed by atoms with Crippen LogP contribution in [0.15, 0.2) is 34.7 Å². The van der Waals surface area contributed by atoms with Gasteiger partial charge in [-0.2, -0.15) is 0 Å². The molecule has 2 fully saturated rings. The monoisotopic (exact) mass is 413 g/mol. The largest absolute Gasteiger partial charge is 0.366 e. The molecule has 6 heteroatoms. The third kappa shape index (κ3) is 2.54. The van der Waals surface area contributed by atoms with Gasteiger partial charge in [0.2, 0.25) is 0 Å². The second-order valence-corrected chi connectivity index (χ2v) is 10.1. The minimum absolute atomic E-state index is 0.0992. The number of aliphatic hydroxyl groups is 2. The highest BCUT2D eigenvalue weighted by atomic mass is 16.6. The third-order valence-corrected chi connectivity index (χ3v) is 8.67. The smallest absolute Gasteiger partial charge is 0.180 e. The first-order valence-electron chi connectivity index (χ1n) is 12.0. The number of nitrogens with zero attached hydrogens (tertiary/aromatic N) is 2. The van der Waals surface area contributed by atoms with E-state index in [4.69, 9.17) is 4.74 Å². The van der Waals surface area contributed by atoms with Gasteiger partial charge in [0.25, 0.3) is 0 Å². The SMILES string of the molecule is CC[C@@]12C=C(C3NC(C)C(C(O)O)O3)N3C4=C(CCN(CCC1)C42)C1=CCCCC13. The van der Waals surface area contributed by atoms with Gasteiger partial charge in [-0.1, -0.05) is 19.1 Å². The molecule has 6 nitrogen and oxygen atoms in total. The van der Waals surface area contributed by atoms with Crippen LogP contribution in [0.2, 0.25) is 0 Å². The maximum Gasteiger partial charge on any atom is 0.180 e. The molecule has 0 saturated carbocycles. The van der Waals surface area contributed by atoms with E-state index in [9.17, 15) is 10.2 Å². The number of aliphatic hydroxyl groups excluding tert-OH is 1. The number of hydrogen-bond acceptors (Lipinski definition) is 6. The number of piperidine rings is 1. The molecular weight excluding hydrogens is 378 g/mol. The lowest BCUT2D eigenvalue weighted by Crippen LogP contribution is -2.60. The van der Waals surface area contributed by atoms with Gasteiger partial charge in [-0.25, -0.2) is 0 Å². The molecular formula is C24H35N3O3. The Kier molecular flexibility index (Phi) is 4.49. The summed E-state index contributed by atoms with van der Waals surface area (Å²) in [6.07, 6.45) is 11.0. The van der Waals surface area contributed by atoms with E-state index in [1.54, 1.807) is 16.8 Å². The maximum atomic E-state index is 9.82. The molecule has 0 amide bonds. The van der Waals surface area contributed by atoms with E-state index in [1.165, 1.54) is 50.9 Å². The molecule has 6 aliphatic rings. The molecule has 0 spiro atoms. The Labute approximate surface area is 179 Å². The van der Waals surface area contributed by atoms with Crippen molar-refractivity contribution in [1.82, 2.24) is 15.1 Å². The van der Waals surface area contributed by atoms with Crippen molar-refractivity contribution in [2.24, 2.45) is 5.41 Å². The van der Waals surface area contributed by atoms with E-state index < -0.39 is 12.4 Å². The van der Waals surface area contributed by atoms with Gasteiger partial charge >= 0.3 is 0 Å². The number of hydrogen-bond donors (Lipinski definition) is 3. The zero-order valence-corrected chi connectivity index (χ0v) is 18.2. The zero-order chi connectivity index (χ0) is 20.6. The summed E-state index contributed by atoms with van der Waals surface area (Å²) in [5.41, 5.74) is 6.09. The van der Waals surface area contributed by atoms with Gasteiger partial charge in [-0.05, 0) is 69.6 Å². The van der Waals surface area contributed by atoms with Gasteiger partial charge in [0, 0.05) is 23.7 Å². The molecule has 5 aliphatic heterocycles. The minimum atomic E-state index is -1.46. The van der Waals surface area contributed by atoms with Crippen LogP contribution in [-0.4, -0.2) is 69.8 Å². The summed E-state index contributed by atoms with van der Waals surface area (Å²) in [5, 5.41) is 23.2. The predicted octanol–water partition coefficient (Wildman–Crippen LogP) is 2.21. The zero-order valence-electron chi connectivity index (χ0n) is 18.2. The summed E-state index contributed by atoms with van der Waals surface area (Å²) >= 11 is 0. The third-order valence-electron chi connectivity index (χ3n) is 8.67. The Hall–Kier alpha value is -1.18. The van der Waals surface area contributed by atoms with Gasteiger partial charge in [0.1, 0.15) is 12.3 Å². The number of fused-ring (bicyclic) bond motifs is 3. The summed E-state index contributed by atoms with van der Waals surface area (Å²) in [6, 6.07) is 0.802. The van der Waals surface area contributed by atoms with Gasteiger partial charge in [0.05, 0.1) is 17.8 Å². The van der Waals surface area contributed by atoms with E-state index in [2.05, 4.69) is 34.2 Å². The average Bonchev–Trinajstić information content (AvgIpc) is 3.31. The van der Waals surface area contributed by atoms with Crippen molar-refractivity contribution >= 4 is 0 Å². The van der Waals surface area contributed by atoms with Crippen molar-refractivity contribution in [1.29, 1.82) is 0 Å². The van der Waals surface area contributed by atoms with E-state index in [1.807, 2.05) is 6.92 Å². The summed E-state index contributed by atoms with van der Waals surface area (Å²) < 4.78 is 6.24. The average molecular weight is 414 g/mol. The van der Waals surface area contributed by atoms with Gasteiger partial charge in [0.15, 0.2) is 6.29 Å². The molecule has 0 radical (unpaired) electrons. The van der Waals surface area contributed by atoms with Crippen molar-refractivity contribution in [2.45, 2.75) is 95.5 Å². The molecule has 164 valence electrons. The van der Waals surface area contributed by atoms with Crippen LogP contribution in [-0.2, 0) is 4.74 Å². The summed E-state index contributed by atoms with van der Waals surface area (Å²) in [7, 11) is 0. The van der Waals surface area contributed by atoms with E-state index in [0.29, 0.717) is 12.1 Å². The molecule has 0 aromatic rings. The Bertz CT molecular complexity index is 834. The highest BCUT2D eigenvalue weighted by Gasteiger charge is 2.57.